The lowest BCUT2D eigenvalue weighted by Crippen LogP contribution is -2.28. The predicted molar refractivity (Wildman–Crippen MR) is 65.2 cm³/mol. The van der Waals surface area contributed by atoms with Crippen molar-refractivity contribution in [2.75, 3.05) is 20.1 Å². The number of rotatable bonds is 8. The van der Waals surface area contributed by atoms with E-state index in [1.807, 2.05) is 6.92 Å². The van der Waals surface area contributed by atoms with Gasteiger partial charge in [-0.3, -0.25) is 0 Å². The van der Waals surface area contributed by atoms with Crippen LogP contribution >= 0.6 is 12.4 Å². The van der Waals surface area contributed by atoms with Crippen molar-refractivity contribution in [3.63, 3.8) is 0 Å². The Balaban J connectivity index is 0. The number of halogens is 1. The molecule has 0 aliphatic rings. The molecule has 14 heavy (non-hydrogen) atoms. The maximum atomic E-state index is 9.12. The standard InChI is InChI=1S/C11H25NO.ClH/c1-4-5-6-7-8-9-12(3)10-11(2)13;/h11,13H,4-10H2,1-3H3;1H. The summed E-state index contributed by atoms with van der Waals surface area (Å²) in [5, 5.41) is 9.12. The first-order valence-electron chi connectivity index (χ1n) is 5.53. The number of hydrogen-bond acceptors (Lipinski definition) is 2. The van der Waals surface area contributed by atoms with Crippen molar-refractivity contribution in [1.82, 2.24) is 4.90 Å². The fourth-order valence-corrected chi connectivity index (χ4v) is 1.53. The molecule has 0 aromatic rings. The molecule has 1 N–H and O–H groups in total. The minimum Gasteiger partial charge on any atom is -0.392 e. The van der Waals surface area contributed by atoms with Crippen molar-refractivity contribution in [2.24, 2.45) is 0 Å². The van der Waals surface area contributed by atoms with E-state index >= 15 is 0 Å². The van der Waals surface area contributed by atoms with Crippen LogP contribution in [0, 0.1) is 0 Å². The Hall–Kier alpha value is 0.210. The van der Waals surface area contributed by atoms with Gasteiger partial charge in [-0.25, -0.2) is 0 Å². The fourth-order valence-electron chi connectivity index (χ4n) is 1.53. The van der Waals surface area contributed by atoms with Gasteiger partial charge in [0.15, 0.2) is 0 Å². The van der Waals surface area contributed by atoms with Crippen LogP contribution in [0.25, 0.3) is 0 Å². The predicted octanol–water partition coefficient (Wildman–Crippen LogP) is 2.69. The summed E-state index contributed by atoms with van der Waals surface area (Å²) in [5.41, 5.74) is 0. The number of aliphatic hydroxyl groups is 1. The van der Waals surface area contributed by atoms with Gasteiger partial charge < -0.3 is 10.0 Å². The van der Waals surface area contributed by atoms with Gasteiger partial charge in [-0.05, 0) is 26.9 Å². The van der Waals surface area contributed by atoms with Gasteiger partial charge in [0.2, 0.25) is 0 Å². The lowest BCUT2D eigenvalue weighted by atomic mass is 10.1. The zero-order chi connectivity index (χ0) is 10.1. The number of likely N-dealkylation sites (N-methyl/N-ethyl adjacent to an activating group) is 1. The molecule has 0 amide bonds. The van der Waals surface area contributed by atoms with Gasteiger partial charge >= 0.3 is 0 Å². The van der Waals surface area contributed by atoms with Gasteiger partial charge in [-0.1, -0.05) is 32.6 Å². The van der Waals surface area contributed by atoms with Crippen LogP contribution in [-0.4, -0.2) is 36.2 Å². The molecule has 0 fully saturated rings. The molecule has 1 unspecified atom stereocenters. The molecule has 0 rings (SSSR count). The first-order valence-corrected chi connectivity index (χ1v) is 5.53. The van der Waals surface area contributed by atoms with Crippen molar-refractivity contribution in [3.05, 3.63) is 0 Å². The smallest absolute Gasteiger partial charge is 0.0638 e. The van der Waals surface area contributed by atoms with E-state index in [-0.39, 0.29) is 18.5 Å². The van der Waals surface area contributed by atoms with Crippen LogP contribution in [0.5, 0.6) is 0 Å². The maximum absolute atomic E-state index is 9.12. The molecule has 0 aliphatic heterocycles. The summed E-state index contributed by atoms with van der Waals surface area (Å²) in [4.78, 5) is 2.20. The molecule has 88 valence electrons. The highest BCUT2D eigenvalue weighted by molar-refractivity contribution is 5.85. The highest BCUT2D eigenvalue weighted by Gasteiger charge is 2.01. The van der Waals surface area contributed by atoms with E-state index < -0.39 is 0 Å². The first kappa shape index (κ1) is 16.6. The second-order valence-electron chi connectivity index (χ2n) is 4.03. The largest absolute Gasteiger partial charge is 0.392 e. The van der Waals surface area contributed by atoms with E-state index in [0.29, 0.717) is 0 Å². The molecule has 0 radical (unpaired) electrons. The van der Waals surface area contributed by atoms with Crippen LogP contribution in [-0.2, 0) is 0 Å². The Kier molecular flexibility index (Phi) is 13.4. The number of aliphatic hydroxyl groups excluding tert-OH is 1. The molecule has 0 heterocycles. The normalized spacial score (nSPS) is 12.6. The van der Waals surface area contributed by atoms with E-state index in [1.165, 1.54) is 32.1 Å². The molecule has 0 saturated heterocycles. The summed E-state index contributed by atoms with van der Waals surface area (Å²) in [7, 11) is 2.08. The van der Waals surface area contributed by atoms with E-state index in [0.717, 1.165) is 13.1 Å². The Bertz CT molecular complexity index is 109. The van der Waals surface area contributed by atoms with E-state index in [2.05, 4.69) is 18.9 Å². The summed E-state index contributed by atoms with van der Waals surface area (Å²) in [6.07, 6.45) is 6.43. The zero-order valence-corrected chi connectivity index (χ0v) is 10.6. The molecule has 0 aliphatic carbocycles. The van der Waals surface area contributed by atoms with Crippen LogP contribution in [0.3, 0.4) is 0 Å². The summed E-state index contributed by atoms with van der Waals surface area (Å²) >= 11 is 0. The highest BCUT2D eigenvalue weighted by Crippen LogP contribution is 2.03. The number of unbranched alkanes of at least 4 members (excludes halogenated alkanes) is 4. The zero-order valence-electron chi connectivity index (χ0n) is 9.83. The molecule has 0 bridgehead atoms. The molecule has 0 saturated carbocycles. The fraction of sp³-hybridized carbons (Fsp3) is 1.00. The topological polar surface area (TPSA) is 23.5 Å². The van der Waals surface area contributed by atoms with E-state index in [9.17, 15) is 0 Å². The highest BCUT2D eigenvalue weighted by atomic mass is 35.5. The van der Waals surface area contributed by atoms with Crippen LogP contribution in [0.1, 0.15) is 46.0 Å². The number of hydrogen-bond donors (Lipinski definition) is 1. The quantitative estimate of drug-likeness (QED) is 0.640. The van der Waals surface area contributed by atoms with Gasteiger partial charge in [0.05, 0.1) is 6.10 Å². The summed E-state index contributed by atoms with van der Waals surface area (Å²) in [6, 6.07) is 0. The van der Waals surface area contributed by atoms with Gasteiger partial charge in [0.1, 0.15) is 0 Å². The molecule has 3 heteroatoms. The number of nitrogens with zero attached hydrogens (tertiary/aromatic N) is 1. The molecule has 0 spiro atoms. The molecule has 0 aromatic carbocycles. The average Bonchev–Trinajstić information content (AvgIpc) is 2.02. The van der Waals surface area contributed by atoms with Gasteiger partial charge in [0, 0.05) is 6.54 Å². The molecule has 2 nitrogen and oxygen atoms in total. The third-order valence-electron chi connectivity index (χ3n) is 2.22. The minimum atomic E-state index is -0.194. The maximum Gasteiger partial charge on any atom is 0.0638 e. The second-order valence-corrected chi connectivity index (χ2v) is 4.03. The Morgan fingerprint density at radius 3 is 2.21 bits per heavy atom. The molecular weight excluding hydrogens is 198 g/mol. The average molecular weight is 224 g/mol. The van der Waals surface area contributed by atoms with E-state index in [1.54, 1.807) is 0 Å². The van der Waals surface area contributed by atoms with Crippen molar-refractivity contribution < 1.29 is 5.11 Å². The third kappa shape index (κ3) is 12.2. The minimum absolute atomic E-state index is 0. The van der Waals surface area contributed by atoms with Crippen LogP contribution in [0.2, 0.25) is 0 Å². The Morgan fingerprint density at radius 2 is 1.71 bits per heavy atom. The SMILES string of the molecule is CCCCCCCN(C)CC(C)O.Cl. The Morgan fingerprint density at radius 1 is 1.14 bits per heavy atom. The molecule has 1 atom stereocenters. The first-order chi connectivity index (χ1) is 6.16. The molecule has 0 aromatic heterocycles. The third-order valence-corrected chi connectivity index (χ3v) is 2.22. The van der Waals surface area contributed by atoms with Crippen molar-refractivity contribution in [3.8, 4) is 0 Å². The summed E-state index contributed by atoms with van der Waals surface area (Å²) in [5.74, 6) is 0. The van der Waals surface area contributed by atoms with Crippen molar-refractivity contribution in [2.45, 2.75) is 52.1 Å². The van der Waals surface area contributed by atoms with Crippen LogP contribution in [0.4, 0.5) is 0 Å². The monoisotopic (exact) mass is 223 g/mol. The van der Waals surface area contributed by atoms with Crippen molar-refractivity contribution in [1.29, 1.82) is 0 Å². The Labute approximate surface area is 95.1 Å². The van der Waals surface area contributed by atoms with Gasteiger partial charge in [-0.15, -0.1) is 12.4 Å². The van der Waals surface area contributed by atoms with Crippen LogP contribution < -0.4 is 0 Å². The van der Waals surface area contributed by atoms with Crippen molar-refractivity contribution >= 4 is 12.4 Å². The van der Waals surface area contributed by atoms with Gasteiger partial charge in [0.25, 0.3) is 0 Å². The summed E-state index contributed by atoms with van der Waals surface area (Å²) in [6.45, 7) is 6.00. The van der Waals surface area contributed by atoms with E-state index in [4.69, 9.17) is 5.11 Å². The second kappa shape index (κ2) is 11.3. The lowest BCUT2D eigenvalue weighted by Gasteiger charge is -2.17. The van der Waals surface area contributed by atoms with Gasteiger partial charge in [-0.2, -0.15) is 0 Å². The lowest BCUT2D eigenvalue weighted by molar-refractivity contribution is 0.140. The summed E-state index contributed by atoms with van der Waals surface area (Å²) < 4.78 is 0. The molecular formula is C11H26ClNO. The van der Waals surface area contributed by atoms with Crippen LogP contribution in [0.15, 0.2) is 0 Å².